The quantitative estimate of drug-likeness (QED) is 0.317. The molecule has 0 heterocycles. The Kier molecular flexibility index (Phi) is 3.73. The van der Waals surface area contributed by atoms with Crippen molar-refractivity contribution in [3.8, 4) is 5.75 Å². The van der Waals surface area contributed by atoms with E-state index >= 15 is 0 Å². The highest BCUT2D eigenvalue weighted by atomic mass is 79.9. The molecule has 6 heteroatoms. The molecule has 1 aromatic carbocycles. The Bertz CT molecular complexity index is 343. The number of anilines is 1. The summed E-state index contributed by atoms with van der Waals surface area (Å²) >= 11 is 3.25. The summed E-state index contributed by atoms with van der Waals surface area (Å²) in [7, 11) is 0. The molecule has 0 fully saturated rings. The van der Waals surface area contributed by atoms with Gasteiger partial charge in [0.15, 0.2) is 6.61 Å². The number of benzene rings is 1. The summed E-state index contributed by atoms with van der Waals surface area (Å²) < 4.78 is 5.85. The van der Waals surface area contributed by atoms with Crippen LogP contribution in [0.4, 0.5) is 5.69 Å². The van der Waals surface area contributed by atoms with Crippen LogP contribution in [0.1, 0.15) is 0 Å². The smallest absolute Gasteiger partial charge is 0.271 e. The normalized spacial score (nSPS) is 9.57. The SMILES string of the molecule is NNC(=O)COc1ccc(N)cc1Br. The molecule has 0 unspecified atom stereocenters. The zero-order valence-electron chi connectivity index (χ0n) is 7.29. The molecule has 5 N–H and O–H groups in total. The van der Waals surface area contributed by atoms with Crippen LogP contribution in [0.15, 0.2) is 22.7 Å². The number of hydrogen-bond donors (Lipinski definition) is 3. The molecule has 0 radical (unpaired) electrons. The molecule has 1 amide bonds. The van der Waals surface area contributed by atoms with Crippen molar-refractivity contribution >= 4 is 27.5 Å². The fourth-order valence-corrected chi connectivity index (χ4v) is 1.33. The molecule has 14 heavy (non-hydrogen) atoms. The molecule has 0 saturated carbocycles. The van der Waals surface area contributed by atoms with E-state index in [4.69, 9.17) is 16.3 Å². The van der Waals surface area contributed by atoms with E-state index in [9.17, 15) is 4.79 Å². The van der Waals surface area contributed by atoms with Crippen LogP contribution in [-0.4, -0.2) is 12.5 Å². The Morgan fingerprint density at radius 1 is 1.57 bits per heavy atom. The third-order valence-electron chi connectivity index (χ3n) is 1.48. The van der Waals surface area contributed by atoms with Gasteiger partial charge in [0.1, 0.15) is 5.75 Å². The standard InChI is InChI=1S/C8H10BrN3O2/c9-6-3-5(10)1-2-7(6)14-4-8(13)12-11/h1-3H,4,10-11H2,(H,12,13). The predicted octanol–water partition coefficient (Wildman–Crippen LogP) is 0.400. The summed E-state index contributed by atoms with van der Waals surface area (Å²) in [6, 6.07) is 5.04. The van der Waals surface area contributed by atoms with Gasteiger partial charge >= 0.3 is 0 Å². The lowest BCUT2D eigenvalue weighted by Gasteiger charge is -2.07. The minimum absolute atomic E-state index is 0.126. The molecule has 0 saturated heterocycles. The highest BCUT2D eigenvalue weighted by molar-refractivity contribution is 9.10. The van der Waals surface area contributed by atoms with Gasteiger partial charge in [0.05, 0.1) is 4.47 Å². The predicted molar refractivity (Wildman–Crippen MR) is 56.4 cm³/mol. The molecule has 0 aromatic heterocycles. The van der Waals surface area contributed by atoms with Gasteiger partial charge < -0.3 is 10.5 Å². The minimum Gasteiger partial charge on any atom is -0.483 e. The lowest BCUT2D eigenvalue weighted by Crippen LogP contribution is -2.34. The molecular weight excluding hydrogens is 250 g/mol. The number of nitrogen functional groups attached to an aromatic ring is 1. The fourth-order valence-electron chi connectivity index (χ4n) is 0.819. The van der Waals surface area contributed by atoms with Crippen molar-refractivity contribution in [1.82, 2.24) is 5.43 Å². The lowest BCUT2D eigenvalue weighted by atomic mass is 10.3. The van der Waals surface area contributed by atoms with Crippen LogP contribution in [-0.2, 0) is 4.79 Å². The molecule has 0 aliphatic heterocycles. The zero-order valence-corrected chi connectivity index (χ0v) is 8.87. The van der Waals surface area contributed by atoms with Crippen molar-refractivity contribution in [1.29, 1.82) is 0 Å². The second-order valence-corrected chi connectivity index (χ2v) is 3.40. The first kappa shape index (κ1) is 10.8. The number of rotatable bonds is 3. The maximum atomic E-state index is 10.8. The van der Waals surface area contributed by atoms with E-state index in [-0.39, 0.29) is 6.61 Å². The highest BCUT2D eigenvalue weighted by Crippen LogP contribution is 2.26. The third-order valence-corrected chi connectivity index (χ3v) is 2.10. The maximum absolute atomic E-state index is 10.8. The topological polar surface area (TPSA) is 90.4 Å². The van der Waals surface area contributed by atoms with Crippen LogP contribution in [0.2, 0.25) is 0 Å². The molecule has 76 valence electrons. The Morgan fingerprint density at radius 3 is 2.86 bits per heavy atom. The molecular formula is C8H10BrN3O2. The molecule has 0 aliphatic rings. The summed E-state index contributed by atoms with van der Waals surface area (Å²) in [5.74, 6) is 5.04. The second-order valence-electron chi connectivity index (χ2n) is 2.55. The number of nitrogens with one attached hydrogen (secondary N) is 1. The van der Waals surface area contributed by atoms with Crippen LogP contribution in [0.3, 0.4) is 0 Å². The molecule has 0 spiro atoms. The average Bonchev–Trinajstić information content (AvgIpc) is 2.16. The van der Waals surface area contributed by atoms with Gasteiger partial charge in [-0.2, -0.15) is 0 Å². The van der Waals surface area contributed by atoms with E-state index in [0.717, 1.165) is 0 Å². The minimum atomic E-state index is -0.395. The zero-order chi connectivity index (χ0) is 10.6. The molecule has 1 rings (SSSR count). The van der Waals surface area contributed by atoms with Crippen molar-refractivity contribution in [3.63, 3.8) is 0 Å². The van der Waals surface area contributed by atoms with Gasteiger partial charge in [-0.05, 0) is 34.1 Å². The summed E-state index contributed by atoms with van der Waals surface area (Å²) in [4.78, 5) is 10.8. The Hall–Kier alpha value is -1.27. The molecule has 1 aromatic rings. The number of ether oxygens (including phenoxy) is 1. The van der Waals surface area contributed by atoms with Crippen LogP contribution >= 0.6 is 15.9 Å². The first-order chi connectivity index (χ1) is 6.63. The van der Waals surface area contributed by atoms with E-state index in [1.165, 1.54) is 0 Å². The van der Waals surface area contributed by atoms with Crippen molar-refractivity contribution in [2.75, 3.05) is 12.3 Å². The summed E-state index contributed by atoms with van der Waals surface area (Å²) in [6.07, 6.45) is 0. The van der Waals surface area contributed by atoms with E-state index in [0.29, 0.717) is 15.9 Å². The van der Waals surface area contributed by atoms with Crippen LogP contribution in [0.5, 0.6) is 5.75 Å². The number of halogens is 1. The first-order valence-corrected chi connectivity index (χ1v) is 4.60. The van der Waals surface area contributed by atoms with Crippen LogP contribution < -0.4 is 21.7 Å². The lowest BCUT2D eigenvalue weighted by molar-refractivity contribution is -0.123. The fraction of sp³-hybridized carbons (Fsp3) is 0.125. The Labute approximate surface area is 89.5 Å². The Balaban J connectivity index is 2.63. The van der Waals surface area contributed by atoms with Gasteiger partial charge in [0.2, 0.25) is 0 Å². The monoisotopic (exact) mass is 259 g/mol. The molecule has 5 nitrogen and oxygen atoms in total. The van der Waals surface area contributed by atoms with Crippen molar-refractivity contribution in [2.24, 2.45) is 5.84 Å². The molecule has 0 bridgehead atoms. The maximum Gasteiger partial charge on any atom is 0.271 e. The summed E-state index contributed by atoms with van der Waals surface area (Å²) in [5, 5.41) is 0. The summed E-state index contributed by atoms with van der Waals surface area (Å²) in [5.41, 5.74) is 8.10. The number of carbonyl (C=O) groups excluding carboxylic acids is 1. The summed E-state index contributed by atoms with van der Waals surface area (Å²) in [6.45, 7) is -0.126. The average molecular weight is 260 g/mol. The van der Waals surface area contributed by atoms with Crippen molar-refractivity contribution < 1.29 is 9.53 Å². The molecule has 0 aliphatic carbocycles. The van der Waals surface area contributed by atoms with Gasteiger partial charge in [-0.1, -0.05) is 0 Å². The number of amides is 1. The molecule has 0 atom stereocenters. The highest BCUT2D eigenvalue weighted by Gasteiger charge is 2.03. The first-order valence-electron chi connectivity index (χ1n) is 3.80. The van der Waals surface area contributed by atoms with Gasteiger partial charge in [-0.15, -0.1) is 0 Å². The van der Waals surface area contributed by atoms with Gasteiger partial charge in [-0.25, -0.2) is 5.84 Å². The van der Waals surface area contributed by atoms with Gasteiger partial charge in [-0.3, -0.25) is 10.2 Å². The Morgan fingerprint density at radius 2 is 2.29 bits per heavy atom. The number of hydrazine groups is 1. The van der Waals surface area contributed by atoms with Crippen molar-refractivity contribution in [2.45, 2.75) is 0 Å². The number of carbonyl (C=O) groups is 1. The van der Waals surface area contributed by atoms with E-state index in [1.54, 1.807) is 18.2 Å². The van der Waals surface area contributed by atoms with Crippen LogP contribution in [0, 0.1) is 0 Å². The van der Waals surface area contributed by atoms with Crippen molar-refractivity contribution in [3.05, 3.63) is 22.7 Å². The van der Waals surface area contributed by atoms with Gasteiger partial charge in [0.25, 0.3) is 5.91 Å². The third kappa shape index (κ3) is 2.90. The van der Waals surface area contributed by atoms with Gasteiger partial charge in [0, 0.05) is 5.69 Å². The van der Waals surface area contributed by atoms with E-state index in [2.05, 4.69) is 15.9 Å². The van der Waals surface area contributed by atoms with E-state index < -0.39 is 5.91 Å². The second kappa shape index (κ2) is 4.83. The van der Waals surface area contributed by atoms with E-state index in [1.807, 2.05) is 5.43 Å². The largest absolute Gasteiger partial charge is 0.483 e. The number of nitrogens with two attached hydrogens (primary N) is 2. The number of hydrogen-bond acceptors (Lipinski definition) is 4. The van der Waals surface area contributed by atoms with Crippen LogP contribution in [0.25, 0.3) is 0 Å².